The largest absolute Gasteiger partial charge is 0.497 e. The molecule has 2 heterocycles. The molecule has 0 saturated carbocycles. The zero-order valence-corrected chi connectivity index (χ0v) is 14.6. The monoisotopic (exact) mass is 363 g/mol. The van der Waals surface area contributed by atoms with Crippen LogP contribution in [0.15, 0.2) is 53.3 Å². The second-order valence-electron chi connectivity index (χ2n) is 6.28. The van der Waals surface area contributed by atoms with Crippen LogP contribution in [0.3, 0.4) is 0 Å². The van der Waals surface area contributed by atoms with Crippen LogP contribution in [0.5, 0.6) is 5.75 Å². The minimum absolute atomic E-state index is 0.0247. The number of anilines is 1. The minimum Gasteiger partial charge on any atom is -0.497 e. The predicted octanol–water partition coefficient (Wildman–Crippen LogP) is 3.24. The molecule has 1 aliphatic carbocycles. The smallest absolute Gasteiger partial charge is 0.258 e. The molecule has 0 fully saturated rings. The number of nitrogens with zero attached hydrogens (tertiary/aromatic N) is 2. The maximum absolute atomic E-state index is 12.4. The van der Waals surface area contributed by atoms with E-state index < -0.39 is 0 Å². The molecule has 1 atom stereocenters. The molecule has 4 rings (SSSR count). The van der Waals surface area contributed by atoms with Gasteiger partial charge in [0.1, 0.15) is 11.5 Å². The molecular formula is C20H17N3O4. The molecule has 1 aromatic carbocycles. The lowest BCUT2D eigenvalue weighted by molar-refractivity contribution is 0.0958. The van der Waals surface area contributed by atoms with Gasteiger partial charge in [-0.05, 0) is 30.3 Å². The quantitative estimate of drug-likeness (QED) is 0.765. The van der Waals surface area contributed by atoms with Crippen LogP contribution in [-0.4, -0.2) is 28.8 Å². The fourth-order valence-corrected chi connectivity index (χ4v) is 3.17. The second-order valence-corrected chi connectivity index (χ2v) is 6.28. The highest BCUT2D eigenvalue weighted by atomic mass is 16.5. The molecule has 0 unspecified atom stereocenters. The van der Waals surface area contributed by atoms with E-state index in [9.17, 15) is 9.59 Å². The Balaban J connectivity index is 1.56. The Morgan fingerprint density at radius 1 is 1.26 bits per heavy atom. The highest BCUT2D eigenvalue weighted by Crippen LogP contribution is 2.32. The second kappa shape index (κ2) is 7.03. The molecule has 0 aliphatic heterocycles. The Bertz CT molecular complexity index is 998. The number of carbonyl (C=O) groups excluding carboxylic acids is 2. The summed E-state index contributed by atoms with van der Waals surface area (Å²) in [4.78, 5) is 33.3. The number of nitrogens with one attached hydrogen (secondary N) is 1. The van der Waals surface area contributed by atoms with Gasteiger partial charge in [-0.15, -0.1) is 0 Å². The lowest BCUT2D eigenvalue weighted by atomic mass is 9.85. The van der Waals surface area contributed by atoms with Gasteiger partial charge >= 0.3 is 0 Å². The Morgan fingerprint density at radius 2 is 2.15 bits per heavy atom. The van der Waals surface area contributed by atoms with Crippen molar-refractivity contribution in [1.29, 1.82) is 0 Å². The Morgan fingerprint density at radius 3 is 2.93 bits per heavy atom. The van der Waals surface area contributed by atoms with E-state index in [1.165, 1.54) is 13.3 Å². The molecule has 3 aromatic rings. The summed E-state index contributed by atoms with van der Waals surface area (Å²) in [5.74, 6) is 1.07. The van der Waals surface area contributed by atoms with Crippen molar-refractivity contribution in [2.75, 3.05) is 12.4 Å². The van der Waals surface area contributed by atoms with Crippen LogP contribution in [0.1, 0.15) is 44.5 Å². The number of ether oxygens (including phenoxy) is 1. The van der Waals surface area contributed by atoms with Gasteiger partial charge in [0.2, 0.25) is 5.95 Å². The van der Waals surface area contributed by atoms with Gasteiger partial charge in [0.05, 0.1) is 24.6 Å². The fourth-order valence-electron chi connectivity index (χ4n) is 3.17. The van der Waals surface area contributed by atoms with Gasteiger partial charge in [0, 0.05) is 30.5 Å². The van der Waals surface area contributed by atoms with Crippen molar-refractivity contribution in [1.82, 2.24) is 9.97 Å². The van der Waals surface area contributed by atoms with Gasteiger partial charge in [-0.1, -0.05) is 6.07 Å². The first-order valence-corrected chi connectivity index (χ1v) is 8.52. The number of amides is 1. The third-order valence-electron chi connectivity index (χ3n) is 4.54. The van der Waals surface area contributed by atoms with E-state index in [2.05, 4.69) is 15.3 Å². The van der Waals surface area contributed by atoms with E-state index in [0.717, 1.165) is 5.76 Å². The van der Waals surface area contributed by atoms with E-state index in [-0.39, 0.29) is 23.6 Å². The Kier molecular flexibility index (Phi) is 4.42. The maximum Gasteiger partial charge on any atom is 0.258 e. The number of carbonyl (C=O) groups is 2. The van der Waals surface area contributed by atoms with Crippen LogP contribution in [-0.2, 0) is 6.42 Å². The molecule has 1 amide bonds. The van der Waals surface area contributed by atoms with Gasteiger partial charge in [-0.2, -0.15) is 0 Å². The molecule has 0 saturated heterocycles. The van der Waals surface area contributed by atoms with Crippen LogP contribution in [0.2, 0.25) is 0 Å². The summed E-state index contributed by atoms with van der Waals surface area (Å²) in [6.45, 7) is 0. The van der Waals surface area contributed by atoms with E-state index in [4.69, 9.17) is 9.15 Å². The van der Waals surface area contributed by atoms with Crippen molar-refractivity contribution in [3.05, 3.63) is 71.4 Å². The number of furan rings is 1. The van der Waals surface area contributed by atoms with Crippen molar-refractivity contribution in [2.45, 2.75) is 18.8 Å². The van der Waals surface area contributed by atoms with Gasteiger partial charge in [0.25, 0.3) is 5.91 Å². The zero-order chi connectivity index (χ0) is 18.8. The molecule has 2 aromatic heterocycles. The van der Waals surface area contributed by atoms with Gasteiger partial charge in [-0.3, -0.25) is 14.9 Å². The first-order chi connectivity index (χ1) is 13.1. The molecular weight excluding hydrogens is 346 g/mol. The normalized spacial score (nSPS) is 15.9. The number of benzene rings is 1. The number of ketones is 1. The van der Waals surface area contributed by atoms with Crippen molar-refractivity contribution in [2.24, 2.45) is 0 Å². The first-order valence-electron chi connectivity index (χ1n) is 8.52. The SMILES string of the molecule is COc1cccc(C(=O)Nc2ncc3c(n2)C[C@H](c2ccco2)CC3=O)c1. The molecule has 136 valence electrons. The highest BCUT2D eigenvalue weighted by Gasteiger charge is 2.29. The molecule has 0 spiro atoms. The van der Waals surface area contributed by atoms with Crippen LogP contribution >= 0.6 is 0 Å². The zero-order valence-electron chi connectivity index (χ0n) is 14.6. The van der Waals surface area contributed by atoms with Crippen LogP contribution in [0.4, 0.5) is 5.95 Å². The summed E-state index contributed by atoms with van der Waals surface area (Å²) < 4.78 is 10.6. The van der Waals surface area contributed by atoms with Crippen LogP contribution in [0, 0.1) is 0 Å². The molecule has 27 heavy (non-hydrogen) atoms. The van der Waals surface area contributed by atoms with E-state index in [1.807, 2.05) is 6.07 Å². The third kappa shape index (κ3) is 3.44. The average Bonchev–Trinajstić information content (AvgIpc) is 3.22. The number of Topliss-reactive ketones (excluding diaryl/α,β-unsaturated/α-hetero) is 1. The van der Waals surface area contributed by atoms with E-state index in [0.29, 0.717) is 35.4 Å². The summed E-state index contributed by atoms with van der Waals surface area (Å²) in [6, 6.07) is 10.4. The maximum atomic E-state index is 12.4. The van der Waals surface area contributed by atoms with E-state index >= 15 is 0 Å². The van der Waals surface area contributed by atoms with Gasteiger partial charge < -0.3 is 9.15 Å². The van der Waals surface area contributed by atoms with Crippen molar-refractivity contribution in [3.63, 3.8) is 0 Å². The Hall–Kier alpha value is -3.48. The van der Waals surface area contributed by atoms with Crippen molar-refractivity contribution < 1.29 is 18.7 Å². The summed E-state index contributed by atoms with van der Waals surface area (Å²) >= 11 is 0. The number of hydrogen-bond acceptors (Lipinski definition) is 6. The topological polar surface area (TPSA) is 94.3 Å². The summed E-state index contributed by atoms with van der Waals surface area (Å²) in [5.41, 5.74) is 1.54. The average molecular weight is 363 g/mol. The van der Waals surface area contributed by atoms with Crippen molar-refractivity contribution in [3.8, 4) is 5.75 Å². The fraction of sp³-hybridized carbons (Fsp3) is 0.200. The van der Waals surface area contributed by atoms with Crippen LogP contribution < -0.4 is 10.1 Å². The lowest BCUT2D eigenvalue weighted by Crippen LogP contribution is -2.22. The predicted molar refractivity (Wildman–Crippen MR) is 97.1 cm³/mol. The number of rotatable bonds is 4. The first kappa shape index (κ1) is 17.0. The van der Waals surface area contributed by atoms with E-state index in [1.54, 1.807) is 36.6 Å². The Labute approximate surface area is 155 Å². The molecule has 7 nitrogen and oxygen atoms in total. The minimum atomic E-state index is -0.349. The van der Waals surface area contributed by atoms with Gasteiger partial charge in [0.15, 0.2) is 5.78 Å². The summed E-state index contributed by atoms with van der Waals surface area (Å²) in [7, 11) is 1.54. The summed E-state index contributed by atoms with van der Waals surface area (Å²) in [5, 5.41) is 2.67. The molecule has 1 aliphatic rings. The molecule has 0 radical (unpaired) electrons. The standard InChI is InChI=1S/C20H17N3O4/c1-26-14-5-2-4-12(8-14)19(25)23-20-21-11-15-16(22-20)9-13(10-17(15)24)18-6-3-7-27-18/h2-8,11,13H,9-10H2,1H3,(H,21,22,23,25)/t13-/m0/s1. The van der Waals surface area contributed by atoms with Gasteiger partial charge in [-0.25, -0.2) is 9.97 Å². The number of fused-ring (bicyclic) bond motifs is 1. The number of methoxy groups -OCH3 is 1. The number of aromatic nitrogens is 2. The molecule has 7 heteroatoms. The van der Waals surface area contributed by atoms with Crippen molar-refractivity contribution >= 4 is 17.6 Å². The molecule has 1 N–H and O–H groups in total. The summed E-state index contributed by atoms with van der Waals surface area (Å²) in [6.07, 6.45) is 3.98. The highest BCUT2D eigenvalue weighted by molar-refractivity contribution is 6.04. The number of hydrogen-bond donors (Lipinski definition) is 1. The molecule has 0 bridgehead atoms. The lowest BCUT2D eigenvalue weighted by Gasteiger charge is -2.21. The third-order valence-corrected chi connectivity index (χ3v) is 4.54. The van der Waals surface area contributed by atoms with Crippen LogP contribution in [0.25, 0.3) is 0 Å².